The Kier molecular flexibility index (Phi) is 4.16. The predicted molar refractivity (Wildman–Crippen MR) is 67.7 cm³/mol. The van der Waals surface area contributed by atoms with Gasteiger partial charge in [0.1, 0.15) is 0 Å². The van der Waals surface area contributed by atoms with E-state index in [1.165, 1.54) is 17.0 Å². The first kappa shape index (κ1) is 13.3. The molecule has 16 heavy (non-hydrogen) atoms. The van der Waals surface area contributed by atoms with Crippen LogP contribution in [0.25, 0.3) is 0 Å². The van der Waals surface area contributed by atoms with Crippen LogP contribution >= 0.6 is 0 Å². The largest absolute Gasteiger partial charge is 0.377 e. The Morgan fingerprint density at radius 3 is 2.44 bits per heavy atom. The van der Waals surface area contributed by atoms with Crippen molar-refractivity contribution in [2.75, 3.05) is 13.7 Å². The van der Waals surface area contributed by atoms with Crippen LogP contribution in [0.4, 0.5) is 0 Å². The Morgan fingerprint density at radius 2 is 2.00 bits per heavy atom. The molecule has 3 heteroatoms. The molecule has 1 aromatic rings. The molecule has 0 unspecified atom stereocenters. The van der Waals surface area contributed by atoms with Gasteiger partial charge in [-0.3, -0.25) is 0 Å². The summed E-state index contributed by atoms with van der Waals surface area (Å²) >= 11 is 0. The molecular weight excluding hydrogens is 200 g/mol. The van der Waals surface area contributed by atoms with E-state index in [1.807, 2.05) is 0 Å². The van der Waals surface area contributed by atoms with Crippen molar-refractivity contribution in [1.82, 2.24) is 9.88 Å². The maximum absolute atomic E-state index is 5.37. The van der Waals surface area contributed by atoms with Crippen molar-refractivity contribution in [3.8, 4) is 0 Å². The standard InChI is InChI=1S/C13H24N2O/c1-10-7-12(11(2)15(10)5)8-14-9-13(3,4)16-6/h7,14H,8-9H2,1-6H3. The van der Waals surface area contributed by atoms with Gasteiger partial charge in [-0.05, 0) is 39.3 Å². The van der Waals surface area contributed by atoms with Gasteiger partial charge in [-0.25, -0.2) is 0 Å². The lowest BCUT2D eigenvalue weighted by molar-refractivity contribution is 0.0230. The van der Waals surface area contributed by atoms with Crippen LogP contribution in [-0.4, -0.2) is 23.8 Å². The van der Waals surface area contributed by atoms with Gasteiger partial charge in [0.15, 0.2) is 0 Å². The number of hydrogen-bond donors (Lipinski definition) is 1. The van der Waals surface area contributed by atoms with Gasteiger partial charge < -0.3 is 14.6 Å². The van der Waals surface area contributed by atoms with E-state index in [4.69, 9.17) is 4.74 Å². The molecule has 0 fully saturated rings. The van der Waals surface area contributed by atoms with Crippen LogP contribution in [0, 0.1) is 13.8 Å². The van der Waals surface area contributed by atoms with Crippen molar-refractivity contribution in [1.29, 1.82) is 0 Å². The van der Waals surface area contributed by atoms with Crippen LogP contribution in [0.15, 0.2) is 6.07 Å². The third-order valence-electron chi connectivity index (χ3n) is 3.30. The van der Waals surface area contributed by atoms with Gasteiger partial charge in [-0.15, -0.1) is 0 Å². The number of ether oxygens (including phenoxy) is 1. The summed E-state index contributed by atoms with van der Waals surface area (Å²) in [7, 11) is 3.85. The van der Waals surface area contributed by atoms with Gasteiger partial charge >= 0.3 is 0 Å². The molecule has 1 aromatic heterocycles. The lowest BCUT2D eigenvalue weighted by atomic mass is 10.1. The van der Waals surface area contributed by atoms with E-state index >= 15 is 0 Å². The van der Waals surface area contributed by atoms with Crippen LogP contribution < -0.4 is 5.32 Å². The van der Waals surface area contributed by atoms with Gasteiger partial charge in [0.25, 0.3) is 0 Å². The summed E-state index contributed by atoms with van der Waals surface area (Å²) in [6.45, 7) is 10.2. The zero-order valence-corrected chi connectivity index (χ0v) is 11.3. The van der Waals surface area contributed by atoms with Crippen LogP contribution in [-0.2, 0) is 18.3 Å². The zero-order chi connectivity index (χ0) is 12.3. The summed E-state index contributed by atoms with van der Waals surface area (Å²) < 4.78 is 7.59. The molecule has 0 aliphatic rings. The molecule has 92 valence electrons. The molecule has 0 aliphatic heterocycles. The summed E-state index contributed by atoms with van der Waals surface area (Å²) in [5.41, 5.74) is 3.91. The molecular formula is C13H24N2O. The minimum absolute atomic E-state index is 0.0995. The van der Waals surface area contributed by atoms with Crippen LogP contribution in [0.5, 0.6) is 0 Å². The molecule has 0 spiro atoms. The normalized spacial score (nSPS) is 12.1. The molecule has 0 aromatic carbocycles. The SMILES string of the molecule is COC(C)(C)CNCc1cc(C)n(C)c1C. The Hall–Kier alpha value is -0.800. The molecule has 0 radical (unpaired) electrons. The maximum atomic E-state index is 5.37. The molecule has 0 saturated heterocycles. The Bertz CT molecular complexity index is 353. The number of nitrogens with one attached hydrogen (secondary N) is 1. The van der Waals surface area contributed by atoms with Gasteiger partial charge in [0.2, 0.25) is 0 Å². The fraction of sp³-hybridized carbons (Fsp3) is 0.692. The fourth-order valence-electron chi connectivity index (χ4n) is 1.68. The second kappa shape index (κ2) is 5.02. The summed E-state index contributed by atoms with van der Waals surface area (Å²) in [5, 5.41) is 3.44. The maximum Gasteiger partial charge on any atom is 0.0746 e. The Balaban J connectivity index is 2.53. The van der Waals surface area contributed by atoms with E-state index in [0.29, 0.717) is 0 Å². The van der Waals surface area contributed by atoms with E-state index < -0.39 is 0 Å². The quantitative estimate of drug-likeness (QED) is 0.829. The monoisotopic (exact) mass is 224 g/mol. The summed E-state index contributed by atoms with van der Waals surface area (Å²) in [5.74, 6) is 0. The molecule has 0 bridgehead atoms. The molecule has 1 rings (SSSR count). The van der Waals surface area contributed by atoms with Gasteiger partial charge in [-0.1, -0.05) is 0 Å². The number of aromatic nitrogens is 1. The van der Waals surface area contributed by atoms with Crippen LogP contribution in [0.3, 0.4) is 0 Å². The lowest BCUT2D eigenvalue weighted by Crippen LogP contribution is -2.36. The first-order chi connectivity index (χ1) is 7.37. The predicted octanol–water partition coefficient (Wildman–Crippen LogP) is 2.16. The smallest absolute Gasteiger partial charge is 0.0746 e. The zero-order valence-electron chi connectivity index (χ0n) is 11.3. The second-order valence-electron chi connectivity index (χ2n) is 5.02. The van der Waals surface area contributed by atoms with Crippen molar-refractivity contribution in [3.63, 3.8) is 0 Å². The van der Waals surface area contributed by atoms with E-state index in [0.717, 1.165) is 13.1 Å². The summed E-state index contributed by atoms with van der Waals surface area (Å²) in [6.07, 6.45) is 0. The second-order valence-corrected chi connectivity index (χ2v) is 5.02. The summed E-state index contributed by atoms with van der Waals surface area (Å²) in [4.78, 5) is 0. The third-order valence-corrected chi connectivity index (χ3v) is 3.30. The van der Waals surface area contributed by atoms with Gasteiger partial charge in [0.05, 0.1) is 5.60 Å². The van der Waals surface area contributed by atoms with Gasteiger partial charge in [0, 0.05) is 38.6 Å². The third kappa shape index (κ3) is 3.09. The highest BCUT2D eigenvalue weighted by molar-refractivity contribution is 5.26. The first-order valence-electron chi connectivity index (χ1n) is 5.75. The van der Waals surface area contributed by atoms with Crippen LogP contribution in [0.1, 0.15) is 30.8 Å². The van der Waals surface area contributed by atoms with E-state index in [2.05, 4.69) is 50.7 Å². The highest BCUT2D eigenvalue weighted by Crippen LogP contribution is 2.13. The lowest BCUT2D eigenvalue weighted by Gasteiger charge is -2.23. The molecule has 1 heterocycles. The molecule has 0 amide bonds. The fourth-order valence-corrected chi connectivity index (χ4v) is 1.68. The first-order valence-corrected chi connectivity index (χ1v) is 5.75. The molecule has 0 aliphatic carbocycles. The molecule has 1 N–H and O–H groups in total. The number of aryl methyl sites for hydroxylation is 1. The van der Waals surface area contributed by atoms with Crippen molar-refractivity contribution >= 4 is 0 Å². The number of nitrogens with zero attached hydrogens (tertiary/aromatic N) is 1. The highest BCUT2D eigenvalue weighted by Gasteiger charge is 2.15. The van der Waals surface area contributed by atoms with Crippen molar-refractivity contribution < 1.29 is 4.74 Å². The highest BCUT2D eigenvalue weighted by atomic mass is 16.5. The molecule has 0 atom stereocenters. The Labute approximate surface area is 98.8 Å². The summed E-state index contributed by atoms with van der Waals surface area (Å²) in [6, 6.07) is 2.24. The average molecular weight is 224 g/mol. The van der Waals surface area contributed by atoms with Crippen molar-refractivity contribution in [2.24, 2.45) is 7.05 Å². The minimum Gasteiger partial charge on any atom is -0.377 e. The molecule has 0 saturated carbocycles. The van der Waals surface area contributed by atoms with Crippen molar-refractivity contribution in [3.05, 3.63) is 23.0 Å². The number of rotatable bonds is 5. The molecule has 3 nitrogen and oxygen atoms in total. The van der Waals surface area contributed by atoms with E-state index in [9.17, 15) is 0 Å². The topological polar surface area (TPSA) is 26.2 Å². The van der Waals surface area contributed by atoms with Crippen LogP contribution in [0.2, 0.25) is 0 Å². The van der Waals surface area contributed by atoms with Crippen molar-refractivity contribution in [2.45, 2.75) is 39.8 Å². The Morgan fingerprint density at radius 1 is 1.38 bits per heavy atom. The average Bonchev–Trinajstić information content (AvgIpc) is 2.46. The minimum atomic E-state index is -0.0995. The van der Waals surface area contributed by atoms with E-state index in [1.54, 1.807) is 7.11 Å². The van der Waals surface area contributed by atoms with E-state index in [-0.39, 0.29) is 5.60 Å². The van der Waals surface area contributed by atoms with Gasteiger partial charge in [-0.2, -0.15) is 0 Å². The number of hydrogen-bond acceptors (Lipinski definition) is 2. The number of methoxy groups -OCH3 is 1.